The number of para-hydroxylation sites is 1. The molecule has 31 heavy (non-hydrogen) atoms. The molecule has 0 radical (unpaired) electrons. The smallest absolute Gasteiger partial charge is 0.267 e. The van der Waals surface area contributed by atoms with Gasteiger partial charge in [-0.1, -0.05) is 24.3 Å². The third kappa shape index (κ3) is 3.13. The van der Waals surface area contributed by atoms with Gasteiger partial charge < -0.3 is 4.90 Å². The molecule has 0 spiro atoms. The Morgan fingerprint density at radius 2 is 1.74 bits per heavy atom. The van der Waals surface area contributed by atoms with Crippen molar-refractivity contribution < 1.29 is 4.79 Å². The van der Waals surface area contributed by atoms with E-state index in [-0.39, 0.29) is 22.5 Å². The van der Waals surface area contributed by atoms with E-state index >= 15 is 0 Å². The summed E-state index contributed by atoms with van der Waals surface area (Å²) in [7, 11) is 0. The predicted molar refractivity (Wildman–Crippen MR) is 119 cm³/mol. The van der Waals surface area contributed by atoms with Gasteiger partial charge in [-0.15, -0.1) is 0 Å². The van der Waals surface area contributed by atoms with E-state index in [1.807, 2.05) is 43.3 Å². The number of carbonyl (C=O) groups is 1. The molecule has 156 valence electrons. The van der Waals surface area contributed by atoms with Crippen LogP contribution in [0.15, 0.2) is 59.5 Å². The lowest BCUT2D eigenvalue weighted by molar-refractivity contribution is 0.0722. The van der Waals surface area contributed by atoms with Gasteiger partial charge >= 0.3 is 0 Å². The van der Waals surface area contributed by atoms with E-state index < -0.39 is 0 Å². The zero-order valence-electron chi connectivity index (χ0n) is 17.3. The summed E-state index contributed by atoms with van der Waals surface area (Å²) in [6, 6.07) is 14.6. The maximum atomic E-state index is 13.4. The summed E-state index contributed by atoms with van der Waals surface area (Å²) in [5.74, 6) is -0.204. The number of aryl methyl sites for hydroxylation is 1. The number of carbonyl (C=O) groups excluding carboxylic acids is 1. The number of rotatable bonds is 2. The SMILES string of the molecule is Cc1cccn2c(=O)c3cc(C(=O)N4CCCCC4)c(=N)n(-c4ccccc4)c3nc12. The third-order valence-corrected chi connectivity index (χ3v) is 5.93. The number of amides is 1. The summed E-state index contributed by atoms with van der Waals surface area (Å²) in [4.78, 5) is 33.3. The highest BCUT2D eigenvalue weighted by molar-refractivity contribution is 5.97. The molecule has 0 atom stereocenters. The van der Waals surface area contributed by atoms with Crippen LogP contribution in [0.25, 0.3) is 22.4 Å². The van der Waals surface area contributed by atoms with Gasteiger partial charge in [-0.25, -0.2) is 4.98 Å². The number of nitrogens with one attached hydrogen (secondary N) is 1. The summed E-state index contributed by atoms with van der Waals surface area (Å²) in [5.41, 5.74) is 2.49. The quantitative estimate of drug-likeness (QED) is 0.513. The van der Waals surface area contributed by atoms with Crippen LogP contribution in [0.5, 0.6) is 0 Å². The number of fused-ring (bicyclic) bond motifs is 2. The number of hydrogen-bond donors (Lipinski definition) is 1. The zero-order valence-corrected chi connectivity index (χ0v) is 17.3. The number of likely N-dealkylation sites (tertiary alicyclic amines) is 1. The van der Waals surface area contributed by atoms with Gasteiger partial charge in [-0.3, -0.25) is 24.0 Å². The van der Waals surface area contributed by atoms with Gasteiger partial charge in [0.2, 0.25) is 0 Å². The van der Waals surface area contributed by atoms with Crippen LogP contribution in [0, 0.1) is 12.3 Å². The number of piperidine rings is 1. The Hall–Kier alpha value is -3.74. The summed E-state index contributed by atoms with van der Waals surface area (Å²) in [5, 5.41) is 9.24. The van der Waals surface area contributed by atoms with E-state index in [0.717, 1.165) is 24.8 Å². The molecule has 1 aromatic carbocycles. The number of hydrogen-bond acceptors (Lipinski definition) is 4. The molecule has 0 unspecified atom stereocenters. The van der Waals surface area contributed by atoms with Crippen LogP contribution in [0.3, 0.4) is 0 Å². The number of nitrogens with zero attached hydrogens (tertiary/aromatic N) is 4. The fourth-order valence-corrected chi connectivity index (χ4v) is 4.30. The molecule has 1 amide bonds. The molecular formula is C24H23N5O2. The highest BCUT2D eigenvalue weighted by Gasteiger charge is 2.23. The van der Waals surface area contributed by atoms with Gasteiger partial charge in [0.15, 0.2) is 5.65 Å². The number of benzene rings is 1. The average Bonchev–Trinajstić information content (AvgIpc) is 2.80. The highest BCUT2D eigenvalue weighted by Crippen LogP contribution is 2.18. The molecule has 1 fully saturated rings. The normalized spacial score (nSPS) is 14.3. The molecule has 0 aliphatic carbocycles. The fourth-order valence-electron chi connectivity index (χ4n) is 4.30. The van der Waals surface area contributed by atoms with Crippen LogP contribution in [0.1, 0.15) is 35.2 Å². The Bertz CT molecular complexity index is 1430. The van der Waals surface area contributed by atoms with Gasteiger partial charge in [0.1, 0.15) is 11.1 Å². The second kappa shape index (κ2) is 7.50. The predicted octanol–water partition coefficient (Wildman–Crippen LogP) is 3.05. The van der Waals surface area contributed by atoms with Crippen LogP contribution >= 0.6 is 0 Å². The minimum Gasteiger partial charge on any atom is -0.339 e. The third-order valence-electron chi connectivity index (χ3n) is 5.93. The lowest BCUT2D eigenvalue weighted by Crippen LogP contribution is -2.40. The molecule has 0 saturated carbocycles. The van der Waals surface area contributed by atoms with Crippen LogP contribution in [0.2, 0.25) is 0 Å². The van der Waals surface area contributed by atoms with E-state index in [0.29, 0.717) is 35.5 Å². The molecule has 5 rings (SSSR count). The average molecular weight is 413 g/mol. The molecular weight excluding hydrogens is 390 g/mol. The van der Waals surface area contributed by atoms with Crippen molar-refractivity contribution in [2.75, 3.05) is 13.1 Å². The maximum absolute atomic E-state index is 13.4. The minimum atomic E-state index is -0.249. The molecule has 1 aliphatic heterocycles. The molecule has 7 heteroatoms. The van der Waals surface area contributed by atoms with Gasteiger partial charge in [0, 0.05) is 25.0 Å². The Labute approximate surface area is 178 Å². The first-order valence-electron chi connectivity index (χ1n) is 10.5. The lowest BCUT2D eigenvalue weighted by Gasteiger charge is -2.27. The van der Waals surface area contributed by atoms with Crippen LogP contribution in [-0.2, 0) is 0 Å². The fraction of sp³-hybridized carbons (Fsp3) is 0.250. The second-order valence-electron chi connectivity index (χ2n) is 7.97. The van der Waals surface area contributed by atoms with Crippen molar-refractivity contribution in [3.8, 4) is 5.69 Å². The minimum absolute atomic E-state index is 0.0408. The first-order valence-corrected chi connectivity index (χ1v) is 10.5. The van der Waals surface area contributed by atoms with Crippen molar-refractivity contribution in [1.82, 2.24) is 18.9 Å². The van der Waals surface area contributed by atoms with Gasteiger partial charge in [0.05, 0.1) is 10.9 Å². The van der Waals surface area contributed by atoms with E-state index in [4.69, 9.17) is 10.4 Å². The molecule has 4 aromatic rings. The highest BCUT2D eigenvalue weighted by atomic mass is 16.2. The second-order valence-corrected chi connectivity index (χ2v) is 7.97. The molecule has 1 N–H and O–H groups in total. The topological polar surface area (TPSA) is 83.5 Å². The van der Waals surface area contributed by atoms with E-state index in [1.54, 1.807) is 27.8 Å². The number of pyridine rings is 2. The first-order chi connectivity index (χ1) is 15.1. The van der Waals surface area contributed by atoms with Crippen molar-refractivity contribution in [2.24, 2.45) is 0 Å². The van der Waals surface area contributed by atoms with Gasteiger partial charge in [-0.05, 0) is 56.0 Å². The van der Waals surface area contributed by atoms with Crippen molar-refractivity contribution in [2.45, 2.75) is 26.2 Å². The van der Waals surface area contributed by atoms with Crippen LogP contribution in [0.4, 0.5) is 0 Å². The summed E-state index contributed by atoms with van der Waals surface area (Å²) >= 11 is 0. The summed E-state index contributed by atoms with van der Waals surface area (Å²) < 4.78 is 3.12. The monoisotopic (exact) mass is 413 g/mol. The van der Waals surface area contributed by atoms with E-state index in [9.17, 15) is 9.59 Å². The van der Waals surface area contributed by atoms with Gasteiger partial charge in [0.25, 0.3) is 11.5 Å². The standard InChI is InChI=1S/C24H23N5O2/c1-16-9-8-14-28-21(16)26-22-19(24(28)31)15-18(23(30)27-12-6-3-7-13-27)20(25)29(22)17-10-4-2-5-11-17/h2,4-5,8-11,14-15,25H,3,6-7,12-13H2,1H3. The number of aromatic nitrogens is 3. The molecule has 1 aliphatic rings. The lowest BCUT2D eigenvalue weighted by atomic mass is 10.1. The van der Waals surface area contributed by atoms with E-state index in [2.05, 4.69) is 0 Å². The largest absolute Gasteiger partial charge is 0.339 e. The Kier molecular flexibility index (Phi) is 4.66. The van der Waals surface area contributed by atoms with Crippen molar-refractivity contribution in [1.29, 1.82) is 5.41 Å². The molecule has 1 saturated heterocycles. The Morgan fingerprint density at radius 1 is 1.00 bits per heavy atom. The van der Waals surface area contributed by atoms with E-state index in [1.165, 1.54) is 4.40 Å². The van der Waals surface area contributed by atoms with Crippen molar-refractivity contribution in [3.05, 3.63) is 81.7 Å². The Balaban J connectivity index is 1.88. The zero-order chi connectivity index (χ0) is 21.5. The molecule has 3 aromatic heterocycles. The molecule has 7 nitrogen and oxygen atoms in total. The molecule has 0 bridgehead atoms. The van der Waals surface area contributed by atoms with Crippen molar-refractivity contribution in [3.63, 3.8) is 0 Å². The summed E-state index contributed by atoms with van der Waals surface area (Å²) in [6.45, 7) is 3.25. The first kappa shape index (κ1) is 19.2. The van der Waals surface area contributed by atoms with Gasteiger partial charge in [-0.2, -0.15) is 0 Å². The maximum Gasteiger partial charge on any atom is 0.267 e. The van der Waals surface area contributed by atoms with Crippen molar-refractivity contribution >= 4 is 22.6 Å². The summed E-state index contributed by atoms with van der Waals surface area (Å²) in [6.07, 6.45) is 4.71. The van der Waals surface area contributed by atoms with Crippen LogP contribution < -0.4 is 11.0 Å². The Morgan fingerprint density at radius 3 is 2.48 bits per heavy atom. The molecule has 4 heterocycles. The van der Waals surface area contributed by atoms with Crippen LogP contribution in [-0.4, -0.2) is 37.8 Å².